The van der Waals surface area contributed by atoms with Crippen LogP contribution in [-0.4, -0.2) is 18.1 Å². The Morgan fingerprint density at radius 2 is 2.33 bits per heavy atom. The molecule has 2 aliphatic heterocycles. The van der Waals surface area contributed by atoms with E-state index in [0.717, 1.165) is 30.3 Å². The summed E-state index contributed by atoms with van der Waals surface area (Å²) in [6, 6.07) is 2.17. The number of pyridine rings is 1. The normalized spacial score (nSPS) is 28.1. The molecule has 0 aromatic carbocycles. The molecule has 80 valence electrons. The Hall–Kier alpha value is -1.09. The fraction of sp³-hybridized carbons (Fsp3) is 0.583. The average molecular weight is 204 g/mol. The minimum Gasteiger partial charge on any atom is -0.489 e. The van der Waals surface area contributed by atoms with Gasteiger partial charge in [0.05, 0.1) is 11.2 Å². The van der Waals surface area contributed by atoms with Gasteiger partial charge in [-0.3, -0.25) is 4.98 Å². The molecule has 1 aromatic heterocycles. The zero-order chi connectivity index (χ0) is 10.5. The van der Waals surface area contributed by atoms with Crippen LogP contribution >= 0.6 is 0 Å². The van der Waals surface area contributed by atoms with Gasteiger partial charge in [0.15, 0.2) is 0 Å². The fourth-order valence-corrected chi connectivity index (χ4v) is 2.79. The molecular formula is C12H16N2O. The summed E-state index contributed by atoms with van der Waals surface area (Å²) in [5.41, 5.74) is 3.53. The number of nitrogens with zero attached hydrogens (tertiary/aromatic N) is 1. The molecule has 1 atom stereocenters. The largest absolute Gasteiger partial charge is 0.489 e. The third-order valence-corrected chi connectivity index (χ3v) is 3.49. The monoisotopic (exact) mass is 204 g/mol. The van der Waals surface area contributed by atoms with Gasteiger partial charge >= 0.3 is 0 Å². The van der Waals surface area contributed by atoms with Gasteiger partial charge in [-0.25, -0.2) is 0 Å². The first-order chi connectivity index (χ1) is 7.21. The molecule has 3 heteroatoms. The van der Waals surface area contributed by atoms with Gasteiger partial charge in [0, 0.05) is 11.3 Å². The van der Waals surface area contributed by atoms with Gasteiger partial charge in [-0.05, 0) is 39.3 Å². The Labute approximate surface area is 89.9 Å². The molecule has 1 fully saturated rings. The van der Waals surface area contributed by atoms with Crippen LogP contribution in [0.15, 0.2) is 6.07 Å². The zero-order valence-corrected chi connectivity index (χ0v) is 9.26. The summed E-state index contributed by atoms with van der Waals surface area (Å²) in [6.07, 6.45) is 2.42. The summed E-state index contributed by atoms with van der Waals surface area (Å²) >= 11 is 0. The molecule has 0 amide bonds. The minimum absolute atomic E-state index is 0.0911. The predicted molar refractivity (Wildman–Crippen MR) is 58.1 cm³/mol. The van der Waals surface area contributed by atoms with Crippen LogP contribution in [0.25, 0.3) is 0 Å². The molecule has 1 unspecified atom stereocenters. The van der Waals surface area contributed by atoms with Crippen LogP contribution in [0.5, 0.6) is 5.75 Å². The van der Waals surface area contributed by atoms with Crippen molar-refractivity contribution in [1.82, 2.24) is 10.3 Å². The first-order valence-corrected chi connectivity index (χ1v) is 5.58. The summed E-state index contributed by atoms with van der Waals surface area (Å²) in [4.78, 5) is 4.45. The van der Waals surface area contributed by atoms with E-state index in [1.54, 1.807) is 0 Å². The summed E-state index contributed by atoms with van der Waals surface area (Å²) in [5, 5.41) is 3.59. The molecular weight excluding hydrogens is 188 g/mol. The summed E-state index contributed by atoms with van der Waals surface area (Å²) in [5.74, 6) is 1.01. The number of hydrogen-bond donors (Lipinski definition) is 1. The van der Waals surface area contributed by atoms with Crippen LogP contribution in [0.2, 0.25) is 0 Å². The van der Waals surface area contributed by atoms with Crippen molar-refractivity contribution in [2.45, 2.75) is 32.2 Å². The van der Waals surface area contributed by atoms with Gasteiger partial charge in [-0.1, -0.05) is 0 Å². The number of rotatable bonds is 0. The van der Waals surface area contributed by atoms with Crippen LogP contribution < -0.4 is 10.1 Å². The molecule has 15 heavy (non-hydrogen) atoms. The predicted octanol–water partition coefficient (Wildman–Crippen LogP) is 1.67. The van der Waals surface area contributed by atoms with Crippen molar-refractivity contribution in [2.75, 3.05) is 13.2 Å². The van der Waals surface area contributed by atoms with Gasteiger partial charge < -0.3 is 10.1 Å². The van der Waals surface area contributed by atoms with E-state index in [2.05, 4.69) is 16.4 Å². The molecule has 1 N–H and O–H groups in total. The van der Waals surface area contributed by atoms with Crippen LogP contribution in [0, 0.1) is 13.8 Å². The third kappa shape index (κ3) is 1.19. The third-order valence-electron chi connectivity index (χ3n) is 3.49. The van der Waals surface area contributed by atoms with Crippen molar-refractivity contribution in [3.8, 4) is 5.75 Å². The zero-order valence-electron chi connectivity index (χ0n) is 9.26. The van der Waals surface area contributed by atoms with Crippen LogP contribution in [0.4, 0.5) is 0 Å². The smallest absolute Gasteiger partial charge is 0.145 e. The van der Waals surface area contributed by atoms with Crippen molar-refractivity contribution < 1.29 is 4.74 Å². The Balaban J connectivity index is 2.16. The number of nitrogens with one attached hydrogen (secondary N) is 1. The molecule has 0 saturated carbocycles. The molecule has 3 nitrogen and oxygen atoms in total. The summed E-state index contributed by atoms with van der Waals surface area (Å²) in [7, 11) is 0. The maximum absolute atomic E-state index is 5.80. The quantitative estimate of drug-likeness (QED) is 0.698. The molecule has 0 radical (unpaired) electrons. The fourth-order valence-electron chi connectivity index (χ4n) is 2.79. The molecule has 1 saturated heterocycles. The molecule has 3 heterocycles. The van der Waals surface area contributed by atoms with E-state index < -0.39 is 0 Å². The van der Waals surface area contributed by atoms with Crippen LogP contribution in [0.3, 0.4) is 0 Å². The standard InChI is InChI=1S/C12H16N2O/c1-8-6-10-11(9(2)14-8)15-7-12(10)4-3-5-13-12/h6,13H,3-5,7H2,1-2H3. The van der Waals surface area contributed by atoms with Crippen molar-refractivity contribution in [2.24, 2.45) is 0 Å². The molecule has 0 bridgehead atoms. The first-order valence-electron chi connectivity index (χ1n) is 5.58. The highest BCUT2D eigenvalue weighted by Gasteiger charge is 2.43. The second kappa shape index (κ2) is 2.95. The van der Waals surface area contributed by atoms with Gasteiger partial charge in [0.1, 0.15) is 12.4 Å². The minimum atomic E-state index is 0.0911. The number of fused-ring (bicyclic) bond motifs is 2. The second-order valence-electron chi connectivity index (χ2n) is 4.63. The van der Waals surface area contributed by atoms with Crippen LogP contribution in [-0.2, 0) is 5.54 Å². The second-order valence-corrected chi connectivity index (χ2v) is 4.63. The summed E-state index contributed by atoms with van der Waals surface area (Å²) in [6.45, 7) is 5.95. The van der Waals surface area contributed by atoms with Crippen LogP contribution in [0.1, 0.15) is 29.8 Å². The van der Waals surface area contributed by atoms with E-state index in [-0.39, 0.29) is 5.54 Å². The lowest BCUT2D eigenvalue weighted by atomic mass is 9.90. The average Bonchev–Trinajstić information content (AvgIpc) is 2.77. The van der Waals surface area contributed by atoms with Gasteiger partial charge in [0.2, 0.25) is 0 Å². The van der Waals surface area contributed by atoms with Crippen molar-refractivity contribution in [1.29, 1.82) is 0 Å². The van der Waals surface area contributed by atoms with Gasteiger partial charge in [-0.2, -0.15) is 0 Å². The first kappa shape index (κ1) is 9.16. The van der Waals surface area contributed by atoms with E-state index in [0.29, 0.717) is 0 Å². The number of ether oxygens (including phenoxy) is 1. The van der Waals surface area contributed by atoms with Gasteiger partial charge in [-0.15, -0.1) is 0 Å². The molecule has 1 aromatic rings. The van der Waals surface area contributed by atoms with Gasteiger partial charge in [0.25, 0.3) is 0 Å². The molecule has 3 rings (SSSR count). The lowest BCUT2D eigenvalue weighted by Crippen LogP contribution is -2.38. The highest BCUT2D eigenvalue weighted by atomic mass is 16.5. The highest BCUT2D eigenvalue weighted by Crippen LogP contribution is 2.43. The summed E-state index contributed by atoms with van der Waals surface area (Å²) < 4.78 is 5.80. The topological polar surface area (TPSA) is 34.1 Å². The Bertz CT molecular complexity index is 408. The van der Waals surface area contributed by atoms with Crippen molar-refractivity contribution >= 4 is 0 Å². The number of aromatic nitrogens is 1. The molecule has 1 spiro atoms. The Morgan fingerprint density at radius 3 is 3.07 bits per heavy atom. The number of aryl methyl sites for hydroxylation is 2. The van der Waals surface area contributed by atoms with E-state index in [1.165, 1.54) is 18.4 Å². The lowest BCUT2D eigenvalue weighted by Gasteiger charge is -2.22. The Kier molecular flexibility index (Phi) is 1.80. The van der Waals surface area contributed by atoms with E-state index in [9.17, 15) is 0 Å². The van der Waals surface area contributed by atoms with E-state index >= 15 is 0 Å². The van der Waals surface area contributed by atoms with Crippen molar-refractivity contribution in [3.63, 3.8) is 0 Å². The molecule has 2 aliphatic rings. The maximum atomic E-state index is 5.80. The maximum Gasteiger partial charge on any atom is 0.145 e. The SMILES string of the molecule is Cc1cc2c(c(C)n1)OCC21CCCN1. The van der Waals surface area contributed by atoms with E-state index in [1.807, 2.05) is 13.8 Å². The van der Waals surface area contributed by atoms with Crippen molar-refractivity contribution in [3.05, 3.63) is 23.0 Å². The Morgan fingerprint density at radius 1 is 1.47 bits per heavy atom. The number of hydrogen-bond acceptors (Lipinski definition) is 3. The highest BCUT2D eigenvalue weighted by molar-refractivity contribution is 5.47. The van der Waals surface area contributed by atoms with E-state index in [4.69, 9.17) is 4.74 Å². The molecule has 0 aliphatic carbocycles. The lowest BCUT2D eigenvalue weighted by molar-refractivity contribution is 0.248.